The van der Waals surface area contributed by atoms with E-state index in [9.17, 15) is 10.2 Å². The zero-order valence-corrected chi connectivity index (χ0v) is 46.7. The molecule has 5 aliphatic heterocycles. The van der Waals surface area contributed by atoms with Gasteiger partial charge in [-0.05, 0) is 192 Å². The van der Waals surface area contributed by atoms with Gasteiger partial charge in [-0.3, -0.25) is 9.59 Å². The van der Waals surface area contributed by atoms with E-state index >= 15 is 14.4 Å². The van der Waals surface area contributed by atoms with Crippen LogP contribution in [0.2, 0.25) is 0 Å². The van der Waals surface area contributed by atoms with E-state index in [-0.39, 0.29) is 65.6 Å². The van der Waals surface area contributed by atoms with Crippen molar-refractivity contribution < 1.29 is 34.1 Å². The van der Waals surface area contributed by atoms with Gasteiger partial charge in [0.1, 0.15) is 11.9 Å². The van der Waals surface area contributed by atoms with Gasteiger partial charge >= 0.3 is 5.97 Å². The number of benzene rings is 1. The lowest BCUT2D eigenvalue weighted by Crippen LogP contribution is -2.66. The number of nitrogens with one attached hydrogen (secondary N) is 5. The molecule has 1 aromatic rings. The topological polar surface area (TPSA) is 200 Å². The third-order valence-corrected chi connectivity index (χ3v) is 21.4. The molecule has 4 fully saturated rings. The number of rotatable bonds is 12. The molecular weight excluding hydrogens is 977 g/mol. The molecule has 5 heterocycles. The van der Waals surface area contributed by atoms with E-state index < -0.39 is 46.5 Å². The highest BCUT2D eigenvalue weighted by atomic mass is 16.7. The highest BCUT2D eigenvalue weighted by Crippen LogP contribution is 2.62. The number of nitrogens with two attached hydrogens (primary N) is 1. The number of esters is 1. The first kappa shape index (κ1) is 54.0. The summed E-state index contributed by atoms with van der Waals surface area (Å²) in [5, 5.41) is 40.9. The Hall–Kier alpha value is -4.63. The SMILES string of the molecule is CNC1CCC2=C(NCC=C2CCC(C)=C(CO)CC23OC24C(=O)OC2C5CC(O)CCC5CC5(NCC6CCCCC6)C=C6C=CCC(CCCCC(C)(CC7=CNC(N)C=C7)Cc7cccc(c7C4=O)C3=O)C6CC25)N1. The van der Waals surface area contributed by atoms with Crippen LogP contribution in [0.25, 0.3) is 0 Å². The minimum absolute atomic E-state index is 0.111. The third kappa shape index (κ3) is 9.75. The largest absolute Gasteiger partial charge is 0.459 e. The lowest BCUT2D eigenvalue weighted by Gasteiger charge is -2.58. The van der Waals surface area contributed by atoms with Crippen LogP contribution in [0.3, 0.4) is 0 Å². The first-order valence-corrected chi connectivity index (χ1v) is 30.5. The van der Waals surface area contributed by atoms with Crippen LogP contribution in [0.15, 0.2) is 100 Å². The number of Topliss-reactive ketones (excluding diaryl/α,β-unsaturated/α-hetero) is 2. The summed E-state index contributed by atoms with van der Waals surface area (Å²) in [6.45, 7) is 5.55. The molecule has 13 nitrogen and oxygen atoms in total. The van der Waals surface area contributed by atoms with Crippen molar-refractivity contribution in [2.75, 3.05) is 26.7 Å². The molecule has 9 N–H and O–H groups in total. The summed E-state index contributed by atoms with van der Waals surface area (Å²) >= 11 is 0. The standard InChI is InChI=1S/C65H88N6O7/c1-39(18-20-43-26-28-68-60-49(43)23-25-55(67-3)71-60)47(38-72)35-64-58(74)50-17-10-16-46-32-62(2,31-41-19-24-54(66)69-36-41)27-8-7-13-42-14-9-15-44-33-63(70-37-40-11-5-4-6-12-40)34-45-21-22-48(73)29-52(45)57(53(63)30-51(42)44)77-61(76)65(64,78-64)59(75)56(46)50/h9-10,15-17,19,24,26,33,36,40,42,45,48,51-55,57,67-73H,4-8,11-14,18,20-23,25,27-32,34-35,37-38,66H2,1-3H3. The second-order valence-corrected chi connectivity index (χ2v) is 26.4. The van der Waals surface area contributed by atoms with E-state index in [1.807, 2.05) is 38.4 Å². The highest BCUT2D eigenvalue weighted by Gasteiger charge is 2.86. The second kappa shape index (κ2) is 21.7. The Morgan fingerprint density at radius 3 is 2.63 bits per heavy atom. The van der Waals surface area contributed by atoms with Crippen molar-refractivity contribution in [3.8, 4) is 0 Å². The summed E-state index contributed by atoms with van der Waals surface area (Å²) < 4.78 is 14.1. The van der Waals surface area contributed by atoms with Crippen molar-refractivity contribution in [1.82, 2.24) is 26.6 Å². The zero-order valence-electron chi connectivity index (χ0n) is 46.7. The average Bonchev–Trinajstić information content (AvgIpc) is 4.03. The fraction of sp³-hybridized carbons (Fsp3) is 0.646. The van der Waals surface area contributed by atoms with Gasteiger partial charge in [-0.2, -0.15) is 0 Å². The van der Waals surface area contributed by atoms with Gasteiger partial charge in [0.25, 0.3) is 5.60 Å². The van der Waals surface area contributed by atoms with Crippen molar-refractivity contribution in [2.24, 2.45) is 46.7 Å². The maximum absolute atomic E-state index is 16.3. The van der Waals surface area contributed by atoms with Gasteiger partial charge in [0.05, 0.1) is 25.0 Å². The molecule has 13 atom stereocenters. The van der Waals surface area contributed by atoms with Crippen LogP contribution in [0.4, 0.5) is 0 Å². The van der Waals surface area contributed by atoms with Gasteiger partial charge in [-0.1, -0.05) is 93.2 Å². The molecule has 12 rings (SSSR count). The number of epoxide rings is 1. The maximum atomic E-state index is 16.3. The average molecular weight is 1070 g/mol. The number of fused-ring (bicyclic) bond motifs is 2. The van der Waals surface area contributed by atoms with Crippen LogP contribution in [0.5, 0.6) is 0 Å². The van der Waals surface area contributed by atoms with E-state index in [4.69, 9.17) is 15.2 Å². The Balaban J connectivity index is 0.954. The van der Waals surface area contributed by atoms with Gasteiger partial charge in [0.2, 0.25) is 5.78 Å². The number of carbonyl (C=O) groups excluding carboxylic acids is 3. The Morgan fingerprint density at radius 2 is 1.82 bits per heavy atom. The molecule has 4 bridgehead atoms. The summed E-state index contributed by atoms with van der Waals surface area (Å²) in [5.41, 5.74) is 9.07. The summed E-state index contributed by atoms with van der Waals surface area (Å²) in [4.78, 5) is 48.4. The zero-order chi connectivity index (χ0) is 54.0. The number of hydrogen-bond donors (Lipinski definition) is 8. The molecule has 0 amide bonds. The van der Waals surface area contributed by atoms with Crippen LogP contribution in [0, 0.1) is 40.9 Å². The third-order valence-electron chi connectivity index (χ3n) is 21.4. The van der Waals surface area contributed by atoms with E-state index in [1.165, 1.54) is 48.8 Å². The molecule has 11 aliphatic rings. The fourth-order valence-electron chi connectivity index (χ4n) is 17.1. The molecule has 6 aliphatic carbocycles. The summed E-state index contributed by atoms with van der Waals surface area (Å²) in [6, 6.07) is 5.58. The molecule has 3 saturated carbocycles. The summed E-state index contributed by atoms with van der Waals surface area (Å²) in [5.74, 6) is 0.520. The molecule has 420 valence electrons. The van der Waals surface area contributed by atoms with Crippen LogP contribution in [-0.4, -0.2) is 95.8 Å². The number of aliphatic hydroxyl groups excluding tert-OH is 2. The van der Waals surface area contributed by atoms with E-state index in [1.54, 1.807) is 6.07 Å². The lowest BCUT2D eigenvalue weighted by atomic mass is 9.52. The molecule has 13 unspecified atom stereocenters. The molecule has 1 saturated heterocycles. The van der Waals surface area contributed by atoms with Crippen LogP contribution in [0.1, 0.15) is 175 Å². The maximum Gasteiger partial charge on any atom is 0.350 e. The van der Waals surface area contributed by atoms with Crippen LogP contribution in [-0.2, 0) is 20.7 Å². The molecule has 1 aromatic carbocycles. The monoisotopic (exact) mass is 1060 g/mol. The smallest absolute Gasteiger partial charge is 0.350 e. The number of ketones is 2. The Morgan fingerprint density at radius 1 is 0.974 bits per heavy atom. The highest BCUT2D eigenvalue weighted by molar-refractivity contribution is 6.33. The van der Waals surface area contributed by atoms with Gasteiger partial charge < -0.3 is 52.0 Å². The number of aliphatic hydroxyl groups is 2. The minimum atomic E-state index is -2.26. The Kier molecular flexibility index (Phi) is 15.0. The van der Waals surface area contributed by atoms with Gasteiger partial charge in [0.15, 0.2) is 11.4 Å². The number of ether oxygens (including phenoxy) is 2. The minimum Gasteiger partial charge on any atom is -0.459 e. The first-order chi connectivity index (χ1) is 37.8. The predicted molar refractivity (Wildman–Crippen MR) is 302 cm³/mol. The molecule has 0 radical (unpaired) electrons. The van der Waals surface area contributed by atoms with Crippen molar-refractivity contribution in [3.63, 3.8) is 0 Å². The summed E-state index contributed by atoms with van der Waals surface area (Å²) in [6.07, 6.45) is 33.8. The molecular formula is C65H88N6O7. The normalized spacial score (nSPS) is 38.6. The van der Waals surface area contributed by atoms with Gasteiger partial charge in [-0.15, -0.1) is 0 Å². The van der Waals surface area contributed by atoms with Crippen molar-refractivity contribution >= 4 is 17.5 Å². The van der Waals surface area contributed by atoms with Crippen LogP contribution >= 0.6 is 0 Å². The quantitative estimate of drug-likeness (QED) is 0.0429. The van der Waals surface area contributed by atoms with Crippen molar-refractivity contribution in [3.05, 3.63) is 117 Å². The van der Waals surface area contributed by atoms with E-state index in [2.05, 4.69) is 63.9 Å². The molecule has 0 aromatic heterocycles. The number of allylic oxidation sites excluding steroid dienone is 8. The number of hydrogen-bond acceptors (Lipinski definition) is 13. The number of dihydropyridines is 2. The van der Waals surface area contributed by atoms with Gasteiger partial charge in [-0.25, -0.2) is 4.79 Å². The molecule has 1 spiro atoms. The first-order valence-electron chi connectivity index (χ1n) is 30.5. The van der Waals surface area contributed by atoms with Crippen molar-refractivity contribution in [1.29, 1.82) is 0 Å². The summed E-state index contributed by atoms with van der Waals surface area (Å²) in [7, 11) is 1.97. The van der Waals surface area contributed by atoms with Crippen LogP contribution < -0.4 is 32.3 Å². The van der Waals surface area contributed by atoms with Gasteiger partial charge in [0, 0.05) is 47.7 Å². The Labute approximate surface area is 462 Å². The molecule has 78 heavy (non-hydrogen) atoms. The second-order valence-electron chi connectivity index (χ2n) is 26.4. The Bertz CT molecular complexity index is 2770. The fourth-order valence-corrected chi connectivity index (χ4v) is 17.1. The lowest BCUT2D eigenvalue weighted by molar-refractivity contribution is -0.176. The molecule has 13 heteroatoms. The predicted octanol–water partition coefficient (Wildman–Crippen LogP) is 8.70. The van der Waals surface area contributed by atoms with Crippen molar-refractivity contribution in [2.45, 2.75) is 196 Å². The number of carbonyl (C=O) groups is 3. The van der Waals surface area contributed by atoms with E-state index in [0.717, 1.165) is 106 Å². The van der Waals surface area contributed by atoms with E-state index in [0.29, 0.717) is 49.6 Å².